The third-order valence-electron chi connectivity index (χ3n) is 3.81. The van der Waals surface area contributed by atoms with Crippen molar-refractivity contribution in [2.24, 2.45) is 0 Å². The number of benzene rings is 1. The molecular weight excluding hydrogens is 316 g/mol. The summed E-state index contributed by atoms with van der Waals surface area (Å²) < 4.78 is 10.2. The molecule has 1 N–H and O–H groups in total. The van der Waals surface area contributed by atoms with Crippen LogP contribution in [0, 0.1) is 6.92 Å². The molecule has 2 heterocycles. The minimum absolute atomic E-state index is 0.252. The number of carbonyl (C=O) groups excluding carboxylic acids is 1. The Balaban J connectivity index is 1.75. The summed E-state index contributed by atoms with van der Waals surface area (Å²) in [6.07, 6.45) is 3.97. The number of fused-ring (bicyclic) bond motifs is 1. The third kappa shape index (κ3) is 4.26. The number of hydrogen-bond donors (Lipinski definition) is 1. The summed E-state index contributed by atoms with van der Waals surface area (Å²) in [7, 11) is 1.39. The number of pyridine rings is 1. The van der Waals surface area contributed by atoms with Gasteiger partial charge in [-0.05, 0) is 42.8 Å². The highest BCUT2D eigenvalue weighted by Gasteiger charge is 2.03. The van der Waals surface area contributed by atoms with Crippen molar-refractivity contribution in [2.75, 3.05) is 12.4 Å². The standard InChI is InChI=1S/C20H20N2O3/c1-14-9-10-16(25-14)13-21-19-12-11-17-15(5-3-7-18(17)22-19)6-4-8-20(23)24-2/h3-7,9-12H,8,13H2,1-2H3,(H,21,22). The summed E-state index contributed by atoms with van der Waals surface area (Å²) in [6, 6.07) is 13.8. The van der Waals surface area contributed by atoms with Gasteiger partial charge < -0.3 is 14.5 Å². The maximum atomic E-state index is 11.2. The van der Waals surface area contributed by atoms with Gasteiger partial charge in [0.25, 0.3) is 0 Å². The monoisotopic (exact) mass is 336 g/mol. The zero-order chi connectivity index (χ0) is 17.6. The van der Waals surface area contributed by atoms with Crippen LogP contribution in [0.3, 0.4) is 0 Å². The molecule has 25 heavy (non-hydrogen) atoms. The van der Waals surface area contributed by atoms with Gasteiger partial charge in [0.15, 0.2) is 0 Å². The number of methoxy groups -OCH3 is 1. The highest BCUT2D eigenvalue weighted by atomic mass is 16.5. The van der Waals surface area contributed by atoms with Crippen molar-refractivity contribution in [3.05, 3.63) is 65.6 Å². The molecule has 0 unspecified atom stereocenters. The van der Waals surface area contributed by atoms with Crippen LogP contribution in [0.2, 0.25) is 0 Å². The van der Waals surface area contributed by atoms with E-state index >= 15 is 0 Å². The average molecular weight is 336 g/mol. The lowest BCUT2D eigenvalue weighted by molar-refractivity contribution is -0.139. The Morgan fingerprint density at radius 1 is 1.24 bits per heavy atom. The summed E-state index contributed by atoms with van der Waals surface area (Å²) in [5.41, 5.74) is 1.91. The molecule has 3 rings (SSSR count). The van der Waals surface area contributed by atoms with Crippen LogP contribution in [0.1, 0.15) is 23.5 Å². The molecule has 0 amide bonds. The molecule has 0 fully saturated rings. The highest BCUT2D eigenvalue weighted by Crippen LogP contribution is 2.21. The maximum Gasteiger partial charge on any atom is 0.309 e. The molecule has 0 radical (unpaired) electrons. The molecule has 128 valence electrons. The molecular formula is C20H20N2O3. The zero-order valence-corrected chi connectivity index (χ0v) is 14.3. The number of nitrogens with zero attached hydrogens (tertiary/aromatic N) is 1. The Morgan fingerprint density at radius 2 is 2.12 bits per heavy atom. The number of hydrogen-bond acceptors (Lipinski definition) is 5. The fourth-order valence-electron chi connectivity index (χ4n) is 2.55. The lowest BCUT2D eigenvalue weighted by Gasteiger charge is -2.07. The minimum atomic E-state index is -0.255. The molecule has 5 nitrogen and oxygen atoms in total. The second-order valence-electron chi connectivity index (χ2n) is 5.66. The third-order valence-corrected chi connectivity index (χ3v) is 3.81. The molecule has 0 aliphatic heterocycles. The van der Waals surface area contributed by atoms with E-state index in [4.69, 9.17) is 4.42 Å². The van der Waals surface area contributed by atoms with Gasteiger partial charge in [-0.15, -0.1) is 0 Å². The number of furan rings is 1. The lowest BCUT2D eigenvalue weighted by Crippen LogP contribution is -2.00. The molecule has 0 spiro atoms. The zero-order valence-electron chi connectivity index (χ0n) is 14.3. The molecule has 0 saturated heterocycles. The summed E-state index contributed by atoms with van der Waals surface area (Å²) in [4.78, 5) is 15.8. The smallest absolute Gasteiger partial charge is 0.309 e. The van der Waals surface area contributed by atoms with Gasteiger partial charge in [-0.2, -0.15) is 0 Å². The first-order valence-corrected chi connectivity index (χ1v) is 8.08. The fraction of sp³-hybridized carbons (Fsp3) is 0.200. The van der Waals surface area contributed by atoms with E-state index in [1.54, 1.807) is 6.08 Å². The summed E-state index contributed by atoms with van der Waals surface area (Å²) >= 11 is 0. The molecule has 5 heteroatoms. The first-order valence-electron chi connectivity index (χ1n) is 8.08. The van der Waals surface area contributed by atoms with Gasteiger partial charge in [0.2, 0.25) is 0 Å². The van der Waals surface area contributed by atoms with Crippen LogP contribution >= 0.6 is 0 Å². The van der Waals surface area contributed by atoms with Crippen molar-refractivity contribution >= 4 is 28.8 Å². The Morgan fingerprint density at radius 3 is 2.88 bits per heavy atom. The van der Waals surface area contributed by atoms with E-state index in [2.05, 4.69) is 15.0 Å². The van der Waals surface area contributed by atoms with E-state index in [-0.39, 0.29) is 12.4 Å². The molecule has 0 atom stereocenters. The van der Waals surface area contributed by atoms with Crippen molar-refractivity contribution in [1.82, 2.24) is 4.98 Å². The molecule has 0 aliphatic carbocycles. The molecule has 0 bridgehead atoms. The van der Waals surface area contributed by atoms with Gasteiger partial charge >= 0.3 is 5.97 Å². The minimum Gasteiger partial charge on any atom is -0.469 e. The average Bonchev–Trinajstić information content (AvgIpc) is 3.05. The SMILES string of the molecule is COC(=O)CC=Cc1cccc2nc(NCc3ccc(C)o3)ccc12. The van der Waals surface area contributed by atoms with Crippen molar-refractivity contribution in [2.45, 2.75) is 19.9 Å². The van der Waals surface area contributed by atoms with Crippen LogP contribution in [0.25, 0.3) is 17.0 Å². The predicted octanol–water partition coefficient (Wildman–Crippen LogP) is 4.32. The molecule has 0 aliphatic rings. The van der Waals surface area contributed by atoms with Crippen LogP contribution in [0.5, 0.6) is 0 Å². The second kappa shape index (κ2) is 7.66. The number of nitrogens with one attached hydrogen (secondary N) is 1. The lowest BCUT2D eigenvalue weighted by atomic mass is 10.1. The Hall–Kier alpha value is -3.08. The van der Waals surface area contributed by atoms with Crippen LogP contribution in [0.4, 0.5) is 5.82 Å². The molecule has 0 saturated carbocycles. The Kier molecular flexibility index (Phi) is 5.14. The number of carbonyl (C=O) groups is 1. The van der Waals surface area contributed by atoms with Crippen molar-refractivity contribution in [1.29, 1.82) is 0 Å². The first-order chi connectivity index (χ1) is 12.2. The summed E-state index contributed by atoms with van der Waals surface area (Å²) in [5, 5.41) is 4.30. The highest BCUT2D eigenvalue weighted by molar-refractivity contribution is 5.89. The predicted molar refractivity (Wildman–Crippen MR) is 98.2 cm³/mol. The van der Waals surface area contributed by atoms with Crippen LogP contribution < -0.4 is 5.32 Å². The number of rotatable bonds is 6. The Labute approximate surface area is 146 Å². The second-order valence-corrected chi connectivity index (χ2v) is 5.66. The van der Waals surface area contributed by atoms with Crippen LogP contribution in [-0.4, -0.2) is 18.1 Å². The number of esters is 1. The number of aromatic nitrogens is 1. The van der Waals surface area contributed by atoms with Crippen molar-refractivity contribution in [3.8, 4) is 0 Å². The van der Waals surface area contributed by atoms with Gasteiger partial charge in [0.05, 0.1) is 25.6 Å². The van der Waals surface area contributed by atoms with E-state index in [1.807, 2.05) is 55.5 Å². The van der Waals surface area contributed by atoms with Gasteiger partial charge in [0, 0.05) is 5.39 Å². The van der Waals surface area contributed by atoms with E-state index < -0.39 is 0 Å². The number of anilines is 1. The van der Waals surface area contributed by atoms with E-state index in [9.17, 15) is 4.79 Å². The van der Waals surface area contributed by atoms with E-state index in [0.29, 0.717) is 6.54 Å². The van der Waals surface area contributed by atoms with Gasteiger partial charge in [-0.3, -0.25) is 4.79 Å². The first kappa shape index (κ1) is 16.8. The topological polar surface area (TPSA) is 64.4 Å². The van der Waals surface area contributed by atoms with Gasteiger partial charge in [0.1, 0.15) is 17.3 Å². The fourth-order valence-corrected chi connectivity index (χ4v) is 2.55. The number of ether oxygens (including phenoxy) is 1. The van der Waals surface area contributed by atoms with Crippen molar-refractivity contribution in [3.63, 3.8) is 0 Å². The van der Waals surface area contributed by atoms with E-state index in [1.165, 1.54) is 7.11 Å². The summed E-state index contributed by atoms with van der Waals surface area (Å²) in [5.74, 6) is 2.30. The molecule has 2 aromatic heterocycles. The van der Waals surface area contributed by atoms with Gasteiger partial charge in [-0.1, -0.05) is 24.3 Å². The molecule has 3 aromatic rings. The van der Waals surface area contributed by atoms with E-state index in [0.717, 1.165) is 33.8 Å². The van der Waals surface area contributed by atoms with Crippen LogP contribution in [0.15, 0.2) is 53.0 Å². The Bertz CT molecular complexity index is 912. The molecule has 1 aromatic carbocycles. The maximum absolute atomic E-state index is 11.2. The van der Waals surface area contributed by atoms with Crippen LogP contribution in [-0.2, 0) is 16.1 Å². The normalized spacial score (nSPS) is 11.1. The summed E-state index contributed by atoms with van der Waals surface area (Å²) in [6.45, 7) is 2.51. The number of aryl methyl sites for hydroxylation is 1. The quantitative estimate of drug-likeness (QED) is 0.679. The van der Waals surface area contributed by atoms with Crippen molar-refractivity contribution < 1.29 is 13.9 Å². The van der Waals surface area contributed by atoms with Gasteiger partial charge in [-0.25, -0.2) is 4.98 Å². The largest absolute Gasteiger partial charge is 0.469 e.